The molecule has 0 aromatic carbocycles. The molecule has 0 unspecified atom stereocenters. The van der Waals surface area contributed by atoms with Gasteiger partial charge in [-0.25, -0.2) is 0 Å². The molecule has 0 aliphatic heterocycles. The summed E-state index contributed by atoms with van der Waals surface area (Å²) in [6.07, 6.45) is 4.99. The van der Waals surface area contributed by atoms with Crippen molar-refractivity contribution in [3.63, 3.8) is 0 Å². The van der Waals surface area contributed by atoms with Crippen LogP contribution in [0.2, 0.25) is 0 Å². The highest BCUT2D eigenvalue weighted by Gasteiger charge is 2.12. The first-order valence-electron chi connectivity index (χ1n) is 10.7. The fourth-order valence-corrected chi connectivity index (χ4v) is 3.23. The molecule has 0 fully saturated rings. The minimum atomic E-state index is 1.11. The van der Waals surface area contributed by atoms with Crippen molar-refractivity contribution in [2.75, 3.05) is 115 Å². The van der Waals surface area contributed by atoms with Crippen molar-refractivity contribution in [2.24, 2.45) is 0 Å². The molecule has 0 spiro atoms. The molecule has 6 nitrogen and oxygen atoms in total. The summed E-state index contributed by atoms with van der Waals surface area (Å²) in [6.45, 7) is 10.6. The smallest absolute Gasteiger partial charge is 0.0506 e. The fraction of sp³-hybridized carbons (Fsp3) is 1.00. The molecule has 0 aromatic heterocycles. The van der Waals surface area contributed by atoms with E-state index in [1.807, 2.05) is 0 Å². The monoisotopic (exact) mass is 386 g/mol. The van der Waals surface area contributed by atoms with Crippen molar-refractivity contribution in [1.82, 2.24) is 29.4 Å². The third-order valence-electron chi connectivity index (χ3n) is 4.72. The Hall–Kier alpha value is -0.240. The normalized spacial score (nSPS) is 12.7. The Kier molecular flexibility index (Phi) is 16.5. The van der Waals surface area contributed by atoms with Gasteiger partial charge in [-0.05, 0) is 108 Å². The van der Waals surface area contributed by atoms with E-state index < -0.39 is 0 Å². The zero-order chi connectivity index (χ0) is 20.7. The van der Waals surface area contributed by atoms with Crippen LogP contribution in [0.3, 0.4) is 0 Å². The molecule has 0 atom stereocenters. The van der Waals surface area contributed by atoms with Crippen LogP contribution in [0.1, 0.15) is 25.7 Å². The lowest BCUT2D eigenvalue weighted by molar-refractivity contribution is 0.116. The summed E-state index contributed by atoms with van der Waals surface area (Å²) in [6, 6.07) is 0. The molecule has 0 heterocycles. The first-order valence-corrected chi connectivity index (χ1v) is 10.7. The van der Waals surface area contributed by atoms with Gasteiger partial charge in [0.25, 0.3) is 0 Å². The SMILES string of the molecule is CN(C)CCCN(CCCN(C)C)CN(CCCN(C)C)CCCN(C)C. The van der Waals surface area contributed by atoms with Crippen molar-refractivity contribution in [2.45, 2.75) is 25.7 Å². The zero-order valence-corrected chi connectivity index (χ0v) is 19.9. The maximum atomic E-state index is 2.68. The maximum absolute atomic E-state index is 2.68. The van der Waals surface area contributed by atoms with Crippen molar-refractivity contribution in [3.05, 3.63) is 0 Å². The minimum Gasteiger partial charge on any atom is -0.309 e. The van der Waals surface area contributed by atoms with Gasteiger partial charge in [-0.1, -0.05) is 0 Å². The van der Waals surface area contributed by atoms with Gasteiger partial charge in [-0.15, -0.1) is 0 Å². The lowest BCUT2D eigenvalue weighted by Gasteiger charge is -2.32. The average Bonchev–Trinajstić information content (AvgIpc) is 2.52. The summed E-state index contributed by atoms with van der Waals surface area (Å²) in [5, 5.41) is 0. The highest BCUT2D eigenvalue weighted by molar-refractivity contribution is 4.65. The van der Waals surface area contributed by atoms with Crippen molar-refractivity contribution >= 4 is 0 Å². The van der Waals surface area contributed by atoms with Crippen LogP contribution in [0.25, 0.3) is 0 Å². The molecule has 164 valence electrons. The first-order chi connectivity index (χ1) is 12.7. The lowest BCUT2D eigenvalue weighted by atomic mass is 10.3. The summed E-state index contributed by atoms with van der Waals surface area (Å²) in [5.74, 6) is 0. The van der Waals surface area contributed by atoms with Crippen LogP contribution in [0, 0.1) is 0 Å². The second-order valence-corrected chi connectivity index (χ2v) is 9.00. The topological polar surface area (TPSA) is 19.4 Å². The minimum absolute atomic E-state index is 1.11. The van der Waals surface area contributed by atoms with E-state index >= 15 is 0 Å². The van der Waals surface area contributed by atoms with Crippen molar-refractivity contribution in [3.8, 4) is 0 Å². The Morgan fingerprint density at radius 2 is 0.556 bits per heavy atom. The Morgan fingerprint density at radius 1 is 0.333 bits per heavy atom. The van der Waals surface area contributed by atoms with E-state index in [0.717, 1.165) is 6.67 Å². The van der Waals surface area contributed by atoms with Crippen LogP contribution < -0.4 is 0 Å². The molecule has 0 bridgehead atoms. The highest BCUT2D eigenvalue weighted by atomic mass is 15.3. The largest absolute Gasteiger partial charge is 0.309 e. The second-order valence-electron chi connectivity index (χ2n) is 9.00. The molecule has 0 N–H and O–H groups in total. The van der Waals surface area contributed by atoms with Crippen molar-refractivity contribution in [1.29, 1.82) is 0 Å². The van der Waals surface area contributed by atoms with E-state index in [2.05, 4.69) is 85.8 Å². The average molecular weight is 387 g/mol. The predicted octanol–water partition coefficient (Wildman–Crippen LogP) is 1.35. The molecule has 0 aromatic rings. The van der Waals surface area contributed by atoms with Crippen LogP contribution in [0.5, 0.6) is 0 Å². The quantitative estimate of drug-likeness (QED) is 0.329. The molecule has 0 radical (unpaired) electrons. The third kappa shape index (κ3) is 18.9. The van der Waals surface area contributed by atoms with Gasteiger partial charge >= 0.3 is 0 Å². The van der Waals surface area contributed by atoms with Gasteiger partial charge in [0, 0.05) is 26.2 Å². The van der Waals surface area contributed by atoms with Gasteiger partial charge in [0.05, 0.1) is 6.67 Å². The molecular formula is C21H50N6. The summed E-state index contributed by atoms with van der Waals surface area (Å²) in [5.41, 5.74) is 0. The van der Waals surface area contributed by atoms with Crippen LogP contribution in [-0.2, 0) is 0 Å². The van der Waals surface area contributed by atoms with E-state index in [1.54, 1.807) is 0 Å². The predicted molar refractivity (Wildman–Crippen MR) is 121 cm³/mol. The van der Waals surface area contributed by atoms with E-state index in [0.29, 0.717) is 0 Å². The summed E-state index contributed by atoms with van der Waals surface area (Å²) in [7, 11) is 17.4. The number of rotatable bonds is 18. The molecule has 0 amide bonds. The maximum Gasteiger partial charge on any atom is 0.0506 e. The molecule has 27 heavy (non-hydrogen) atoms. The van der Waals surface area contributed by atoms with Crippen LogP contribution in [0.15, 0.2) is 0 Å². The summed E-state index contributed by atoms with van der Waals surface area (Å²) in [4.78, 5) is 14.5. The van der Waals surface area contributed by atoms with E-state index in [9.17, 15) is 0 Å². The summed E-state index contributed by atoms with van der Waals surface area (Å²) >= 11 is 0. The zero-order valence-electron chi connectivity index (χ0n) is 19.9. The van der Waals surface area contributed by atoms with Crippen molar-refractivity contribution < 1.29 is 0 Å². The number of hydrogen-bond acceptors (Lipinski definition) is 6. The Balaban J connectivity index is 4.61. The molecule has 0 rings (SSSR count). The van der Waals surface area contributed by atoms with Gasteiger partial charge < -0.3 is 19.6 Å². The molecule has 6 heteroatoms. The van der Waals surface area contributed by atoms with Gasteiger partial charge in [0.15, 0.2) is 0 Å². The first kappa shape index (κ1) is 26.8. The molecule has 0 saturated carbocycles. The van der Waals surface area contributed by atoms with Crippen LogP contribution in [0.4, 0.5) is 0 Å². The fourth-order valence-electron chi connectivity index (χ4n) is 3.23. The van der Waals surface area contributed by atoms with Gasteiger partial charge in [0.2, 0.25) is 0 Å². The lowest BCUT2D eigenvalue weighted by Crippen LogP contribution is -2.42. The number of nitrogens with zero attached hydrogens (tertiary/aromatic N) is 6. The standard InChI is InChI=1S/C21H50N6/c1-22(2)13-9-17-26(18-10-14-23(3)4)21-27(19-11-15-24(5)6)20-12-16-25(7)8/h9-21H2,1-8H3. The highest BCUT2D eigenvalue weighted by Crippen LogP contribution is 2.03. The van der Waals surface area contributed by atoms with E-state index in [-0.39, 0.29) is 0 Å². The Labute approximate surface area is 171 Å². The summed E-state index contributed by atoms with van der Waals surface area (Å²) < 4.78 is 0. The second kappa shape index (κ2) is 16.7. The molecule has 0 saturated heterocycles. The molecular weight excluding hydrogens is 336 g/mol. The van der Waals surface area contributed by atoms with E-state index in [1.165, 1.54) is 78.0 Å². The van der Waals surface area contributed by atoms with Crippen LogP contribution in [-0.4, -0.2) is 145 Å². The Morgan fingerprint density at radius 3 is 0.741 bits per heavy atom. The van der Waals surface area contributed by atoms with Gasteiger partial charge in [-0.3, -0.25) is 9.80 Å². The van der Waals surface area contributed by atoms with E-state index in [4.69, 9.17) is 0 Å². The molecule has 0 aliphatic carbocycles. The third-order valence-corrected chi connectivity index (χ3v) is 4.72. The van der Waals surface area contributed by atoms with Crippen LogP contribution >= 0.6 is 0 Å². The van der Waals surface area contributed by atoms with Gasteiger partial charge in [0.1, 0.15) is 0 Å². The Bertz CT molecular complexity index is 262. The number of hydrogen-bond donors (Lipinski definition) is 0. The van der Waals surface area contributed by atoms with Gasteiger partial charge in [-0.2, -0.15) is 0 Å². The molecule has 0 aliphatic rings.